The van der Waals surface area contributed by atoms with Crippen LogP contribution in [0.1, 0.15) is 11.1 Å². The van der Waals surface area contributed by atoms with Gasteiger partial charge in [0, 0.05) is 116 Å². The molecule has 2 aromatic carbocycles. The second-order valence-electron chi connectivity index (χ2n) is 14.9. The molecule has 4 atom stereocenters. The lowest BCUT2D eigenvalue weighted by Crippen LogP contribution is -2.46. The van der Waals surface area contributed by atoms with Crippen molar-refractivity contribution >= 4 is 11.4 Å². The Bertz CT molecular complexity index is 1130. The normalized spacial score (nSPS) is 14.1. The lowest BCUT2D eigenvalue weighted by Gasteiger charge is -2.33. The zero-order valence-corrected chi connectivity index (χ0v) is 34.7. The number of benzene rings is 2. The van der Waals surface area contributed by atoms with Crippen LogP contribution in [-0.4, -0.2) is 263 Å². The third-order valence-corrected chi connectivity index (χ3v) is 9.94. The molecule has 0 aliphatic heterocycles. The second kappa shape index (κ2) is 31.3. The molecule has 0 heterocycles. The molecule has 2 rings (SSSR count). The summed E-state index contributed by atoms with van der Waals surface area (Å²) in [4.78, 5) is 10.8. The first kappa shape index (κ1) is 52.5. The number of anilines is 2. The molecular weight excluding hydrogens is 768 g/mol. The Morgan fingerprint density at radius 3 is 0.695 bits per heavy atom. The highest BCUT2D eigenvalue weighted by molar-refractivity contribution is 5.51. The van der Waals surface area contributed by atoms with Gasteiger partial charge in [0.15, 0.2) is 0 Å². The first-order chi connectivity index (χ1) is 28.5. The molecule has 2 aromatic rings. The minimum atomic E-state index is -0.869. The fourth-order valence-electron chi connectivity index (χ4n) is 7.21. The van der Waals surface area contributed by atoms with Gasteiger partial charge in [0.1, 0.15) is 0 Å². The fourth-order valence-corrected chi connectivity index (χ4v) is 7.21. The molecule has 340 valence electrons. The van der Waals surface area contributed by atoms with Gasteiger partial charge in [0.25, 0.3) is 0 Å². The van der Waals surface area contributed by atoms with E-state index in [1.54, 1.807) is 19.6 Å². The van der Waals surface area contributed by atoms with Crippen LogP contribution in [0.2, 0.25) is 0 Å². The molecule has 4 unspecified atom stereocenters. The summed E-state index contributed by atoms with van der Waals surface area (Å²) in [6.45, 7) is 2.82. The molecule has 0 bridgehead atoms. The molecular formula is C41H74N6O12. The van der Waals surface area contributed by atoms with E-state index in [-0.39, 0.29) is 105 Å². The van der Waals surface area contributed by atoms with Gasteiger partial charge in [-0.05, 0) is 41.8 Å². The van der Waals surface area contributed by atoms with Crippen LogP contribution in [-0.2, 0) is 6.42 Å². The minimum Gasteiger partial charge on any atom is -0.395 e. The second-order valence-corrected chi connectivity index (χ2v) is 14.9. The maximum Gasteiger partial charge on any atom is 0.0841 e. The molecule has 0 saturated carbocycles. The van der Waals surface area contributed by atoms with Gasteiger partial charge in [-0.3, -0.25) is 19.6 Å². The lowest BCUT2D eigenvalue weighted by atomic mass is 10.0. The third kappa shape index (κ3) is 21.7. The van der Waals surface area contributed by atoms with Crippen molar-refractivity contribution < 1.29 is 61.3 Å². The van der Waals surface area contributed by atoms with Crippen molar-refractivity contribution in [3.63, 3.8) is 0 Å². The molecule has 18 nitrogen and oxygen atoms in total. The Morgan fingerprint density at radius 2 is 0.508 bits per heavy atom. The summed E-state index contributed by atoms with van der Waals surface area (Å²) in [5.41, 5.74) is 3.52. The predicted octanol–water partition coefficient (Wildman–Crippen LogP) is -4.52. The zero-order valence-electron chi connectivity index (χ0n) is 34.7. The summed E-state index contributed by atoms with van der Waals surface area (Å²) in [5.74, 6) is 0. The summed E-state index contributed by atoms with van der Waals surface area (Å²) >= 11 is 0. The fraction of sp³-hybridized carbons (Fsp3) is 0.707. The van der Waals surface area contributed by atoms with Gasteiger partial charge in [-0.2, -0.15) is 0 Å². The Hall–Kier alpha value is -2.60. The van der Waals surface area contributed by atoms with Crippen LogP contribution in [0, 0.1) is 0 Å². The molecule has 0 aliphatic carbocycles. The van der Waals surface area contributed by atoms with Crippen molar-refractivity contribution in [2.75, 3.05) is 167 Å². The Morgan fingerprint density at radius 1 is 0.305 bits per heavy atom. The molecule has 12 N–H and O–H groups in total. The van der Waals surface area contributed by atoms with Gasteiger partial charge in [0.2, 0.25) is 0 Å². The molecule has 0 fully saturated rings. The maximum absolute atomic E-state index is 11.1. The van der Waals surface area contributed by atoms with Gasteiger partial charge in [-0.15, -0.1) is 0 Å². The van der Waals surface area contributed by atoms with Gasteiger partial charge < -0.3 is 71.1 Å². The van der Waals surface area contributed by atoms with E-state index >= 15 is 0 Å². The Kier molecular flexibility index (Phi) is 27.9. The number of hydrogen-bond acceptors (Lipinski definition) is 18. The highest BCUT2D eigenvalue weighted by Gasteiger charge is 2.22. The van der Waals surface area contributed by atoms with Crippen LogP contribution < -0.4 is 9.80 Å². The largest absolute Gasteiger partial charge is 0.395 e. The quantitative estimate of drug-likeness (QED) is 0.0309. The lowest BCUT2D eigenvalue weighted by molar-refractivity contribution is 0.0788. The van der Waals surface area contributed by atoms with E-state index in [0.29, 0.717) is 58.8 Å². The average Bonchev–Trinajstić information content (AvgIpc) is 3.19. The molecule has 0 spiro atoms. The summed E-state index contributed by atoms with van der Waals surface area (Å²) in [6, 6.07) is 15.5. The number of hydrogen-bond donors (Lipinski definition) is 12. The molecule has 0 radical (unpaired) electrons. The van der Waals surface area contributed by atoms with Gasteiger partial charge in [-0.1, -0.05) is 24.3 Å². The summed E-state index contributed by atoms with van der Waals surface area (Å²) < 4.78 is 0. The standard InChI is InChI=1S/C41H74N6O12/c48-17-9-42(10-18-49)26-38(56)30-46(31-39(57)27-43(11-19-50)12-20-51)36-5-1-34(2-6-36)25-35-3-7-37(8-4-35)47(32-40(58)28-44(13-21-52)14-22-53)33-41(59)29-45(15-23-54)16-24-55/h1-8,38-41,48-59H,9-33H2. The Balaban J connectivity index is 2.27. The molecule has 0 amide bonds. The number of rotatable bonds is 36. The average molecular weight is 843 g/mol. The molecule has 0 aliphatic rings. The third-order valence-electron chi connectivity index (χ3n) is 9.94. The van der Waals surface area contributed by atoms with Crippen molar-refractivity contribution in [2.24, 2.45) is 0 Å². The first-order valence-electron chi connectivity index (χ1n) is 20.7. The van der Waals surface area contributed by atoms with Crippen LogP contribution in [0.15, 0.2) is 48.5 Å². The molecule has 0 aromatic heterocycles. The SMILES string of the molecule is OCCN(CCO)CC(O)CN(CC(O)CN(CCO)CCO)c1ccc(Cc2ccc(N(CC(O)CN(CCO)CCO)CC(O)CN(CCO)CCO)cc2)cc1. The van der Waals surface area contributed by atoms with Gasteiger partial charge in [0.05, 0.1) is 77.3 Å². The van der Waals surface area contributed by atoms with E-state index in [1.165, 1.54) is 0 Å². The molecule has 18 heteroatoms. The monoisotopic (exact) mass is 843 g/mol. The topological polar surface area (TPSA) is 262 Å². The maximum atomic E-state index is 11.1. The van der Waals surface area contributed by atoms with Gasteiger partial charge in [-0.25, -0.2) is 0 Å². The van der Waals surface area contributed by atoms with E-state index < -0.39 is 24.4 Å². The minimum absolute atomic E-state index is 0.121. The number of aliphatic hydroxyl groups is 12. The van der Waals surface area contributed by atoms with Crippen molar-refractivity contribution in [1.29, 1.82) is 0 Å². The van der Waals surface area contributed by atoms with Crippen molar-refractivity contribution in [2.45, 2.75) is 30.8 Å². The number of nitrogens with zero attached hydrogens (tertiary/aromatic N) is 6. The van der Waals surface area contributed by atoms with Crippen LogP contribution in [0.3, 0.4) is 0 Å². The van der Waals surface area contributed by atoms with E-state index in [9.17, 15) is 61.3 Å². The van der Waals surface area contributed by atoms with Crippen LogP contribution >= 0.6 is 0 Å². The van der Waals surface area contributed by atoms with Crippen molar-refractivity contribution in [1.82, 2.24) is 19.6 Å². The van der Waals surface area contributed by atoms with Crippen LogP contribution in [0.25, 0.3) is 0 Å². The van der Waals surface area contributed by atoms with E-state index in [4.69, 9.17) is 0 Å². The Labute approximate surface area is 349 Å². The van der Waals surface area contributed by atoms with E-state index in [1.807, 2.05) is 58.3 Å². The number of aliphatic hydroxyl groups excluding tert-OH is 12. The highest BCUT2D eigenvalue weighted by Crippen LogP contribution is 2.22. The molecule has 59 heavy (non-hydrogen) atoms. The van der Waals surface area contributed by atoms with Crippen molar-refractivity contribution in [3.05, 3.63) is 59.7 Å². The van der Waals surface area contributed by atoms with Crippen LogP contribution in [0.5, 0.6) is 0 Å². The predicted molar refractivity (Wildman–Crippen MR) is 227 cm³/mol. The van der Waals surface area contributed by atoms with E-state index in [2.05, 4.69) is 0 Å². The smallest absolute Gasteiger partial charge is 0.0841 e. The summed E-state index contributed by atoms with van der Waals surface area (Å²) in [7, 11) is 0. The zero-order chi connectivity index (χ0) is 43.4. The summed E-state index contributed by atoms with van der Waals surface area (Å²) in [5, 5.41) is 120. The van der Waals surface area contributed by atoms with Crippen molar-refractivity contribution in [3.8, 4) is 0 Å². The van der Waals surface area contributed by atoms with E-state index in [0.717, 1.165) is 22.5 Å². The van der Waals surface area contributed by atoms with Gasteiger partial charge >= 0.3 is 0 Å². The first-order valence-corrected chi connectivity index (χ1v) is 20.7. The van der Waals surface area contributed by atoms with Crippen LogP contribution in [0.4, 0.5) is 11.4 Å². The molecule has 0 saturated heterocycles. The summed E-state index contributed by atoms with van der Waals surface area (Å²) in [6.07, 6.45) is -2.89. The highest BCUT2D eigenvalue weighted by atomic mass is 16.3.